The number of aliphatic hydroxyl groups excluding tert-OH is 1. The lowest BCUT2D eigenvalue weighted by atomic mass is 9.91. The Morgan fingerprint density at radius 3 is 2.18 bits per heavy atom. The second-order valence-corrected chi connectivity index (χ2v) is 4.93. The summed E-state index contributed by atoms with van der Waals surface area (Å²) in [5, 5.41) is 9.93. The monoisotopic (exact) mass is 296 g/mol. The van der Waals surface area contributed by atoms with E-state index >= 15 is 0 Å². The fraction of sp³-hybridized carbons (Fsp3) is 0.0625. The van der Waals surface area contributed by atoms with Crippen LogP contribution in [0.1, 0.15) is 42.9 Å². The van der Waals surface area contributed by atoms with Gasteiger partial charge in [-0.05, 0) is 23.3 Å². The van der Waals surface area contributed by atoms with Crippen molar-refractivity contribution in [2.45, 2.75) is 6.29 Å². The Hall–Kier alpha value is -2.99. The molecule has 0 fully saturated rings. The average molecular weight is 296 g/mol. The number of carbonyl (C=O) groups is 3. The number of ether oxygens (including phenoxy) is 2. The Kier molecular flexibility index (Phi) is 2.46. The minimum atomic E-state index is -1.40. The largest absolute Gasteiger partial charge is 0.428 e. The number of benzene rings is 2. The van der Waals surface area contributed by atoms with Crippen LogP contribution in [0.25, 0.3) is 11.1 Å². The summed E-state index contributed by atoms with van der Waals surface area (Å²) in [5.41, 5.74) is 1.70. The predicted molar refractivity (Wildman–Crippen MR) is 72.0 cm³/mol. The predicted octanol–water partition coefficient (Wildman–Crippen LogP) is 1.83. The summed E-state index contributed by atoms with van der Waals surface area (Å²) in [6.45, 7) is 0. The molecule has 0 radical (unpaired) electrons. The third-order valence-electron chi connectivity index (χ3n) is 3.76. The zero-order valence-electron chi connectivity index (χ0n) is 11.0. The van der Waals surface area contributed by atoms with Crippen molar-refractivity contribution in [1.29, 1.82) is 0 Å². The van der Waals surface area contributed by atoms with E-state index in [1.54, 1.807) is 24.3 Å². The van der Waals surface area contributed by atoms with E-state index in [-0.39, 0.29) is 22.3 Å². The number of aliphatic hydroxyl groups is 1. The van der Waals surface area contributed by atoms with E-state index in [4.69, 9.17) is 4.74 Å². The highest BCUT2D eigenvalue weighted by molar-refractivity contribution is 6.18. The van der Waals surface area contributed by atoms with Gasteiger partial charge in [0.25, 0.3) is 0 Å². The number of fused-ring (bicyclic) bond motifs is 2. The summed E-state index contributed by atoms with van der Waals surface area (Å²) in [5.74, 6) is -2.08. The molecule has 1 atom stereocenters. The van der Waals surface area contributed by atoms with Gasteiger partial charge in [-0.25, -0.2) is 14.4 Å². The van der Waals surface area contributed by atoms with Crippen LogP contribution in [0.3, 0.4) is 0 Å². The summed E-state index contributed by atoms with van der Waals surface area (Å²) < 4.78 is 9.42. The minimum absolute atomic E-state index is 0.132. The van der Waals surface area contributed by atoms with E-state index in [9.17, 15) is 19.5 Å². The molecule has 4 rings (SSSR count). The molecule has 1 unspecified atom stereocenters. The van der Waals surface area contributed by atoms with Crippen molar-refractivity contribution in [3.8, 4) is 11.1 Å². The molecule has 2 heterocycles. The molecule has 0 bridgehead atoms. The van der Waals surface area contributed by atoms with Crippen molar-refractivity contribution >= 4 is 17.9 Å². The minimum Gasteiger partial charge on any atom is -0.428 e. The van der Waals surface area contributed by atoms with Gasteiger partial charge in [-0.1, -0.05) is 24.3 Å². The van der Waals surface area contributed by atoms with Crippen LogP contribution in [-0.4, -0.2) is 23.0 Å². The van der Waals surface area contributed by atoms with E-state index in [0.717, 1.165) is 0 Å². The molecular formula is C16H8O6. The van der Waals surface area contributed by atoms with E-state index in [2.05, 4.69) is 4.74 Å². The van der Waals surface area contributed by atoms with E-state index in [1.807, 2.05) is 0 Å². The molecule has 22 heavy (non-hydrogen) atoms. The highest BCUT2D eigenvalue weighted by Crippen LogP contribution is 2.40. The fourth-order valence-corrected chi connectivity index (χ4v) is 2.82. The van der Waals surface area contributed by atoms with E-state index in [1.165, 1.54) is 12.1 Å². The Labute approximate surface area is 123 Å². The number of rotatable bonds is 1. The second-order valence-electron chi connectivity index (χ2n) is 4.93. The van der Waals surface area contributed by atoms with Crippen molar-refractivity contribution in [3.63, 3.8) is 0 Å². The topological polar surface area (TPSA) is 89.9 Å². The molecule has 0 saturated heterocycles. The maximum Gasteiger partial charge on any atom is 0.347 e. The second kappa shape index (κ2) is 4.25. The van der Waals surface area contributed by atoms with Crippen LogP contribution in [-0.2, 0) is 9.47 Å². The smallest absolute Gasteiger partial charge is 0.347 e. The first kappa shape index (κ1) is 12.7. The van der Waals surface area contributed by atoms with Crippen LogP contribution >= 0.6 is 0 Å². The first-order chi connectivity index (χ1) is 10.6. The van der Waals surface area contributed by atoms with Gasteiger partial charge < -0.3 is 14.6 Å². The van der Waals surface area contributed by atoms with Gasteiger partial charge in [-0.2, -0.15) is 0 Å². The molecule has 2 aliphatic heterocycles. The lowest BCUT2D eigenvalue weighted by Crippen LogP contribution is -2.01. The van der Waals surface area contributed by atoms with Crippen LogP contribution in [0.2, 0.25) is 0 Å². The van der Waals surface area contributed by atoms with Crippen LogP contribution < -0.4 is 0 Å². The van der Waals surface area contributed by atoms with Gasteiger partial charge in [0.05, 0.1) is 16.7 Å². The number of hydrogen-bond acceptors (Lipinski definition) is 6. The van der Waals surface area contributed by atoms with Crippen molar-refractivity contribution in [1.82, 2.24) is 0 Å². The Balaban J connectivity index is 2.02. The molecule has 2 aromatic carbocycles. The third kappa shape index (κ3) is 1.55. The maximum atomic E-state index is 11.9. The van der Waals surface area contributed by atoms with Crippen molar-refractivity contribution < 1.29 is 29.0 Å². The van der Waals surface area contributed by atoms with E-state index in [0.29, 0.717) is 11.1 Å². The quantitative estimate of drug-likeness (QED) is 0.637. The standard InChI is InChI=1S/C16H8O6/c17-13-9-5-1-3-7(11(9)15(19)21-13)8-4-2-6-10-12(8)16(20)22-14(10)18/h1-6,15,19H. The SMILES string of the molecule is O=C1OC(=O)c2c1cccc2-c1cccc2c1C(O)OC2=O. The van der Waals surface area contributed by atoms with Crippen LogP contribution in [0.15, 0.2) is 36.4 Å². The van der Waals surface area contributed by atoms with E-state index < -0.39 is 24.2 Å². The van der Waals surface area contributed by atoms with Gasteiger partial charge in [-0.15, -0.1) is 0 Å². The zero-order valence-corrected chi connectivity index (χ0v) is 11.0. The summed E-state index contributed by atoms with van der Waals surface area (Å²) >= 11 is 0. The van der Waals surface area contributed by atoms with Gasteiger partial charge in [-0.3, -0.25) is 0 Å². The first-order valence-corrected chi connectivity index (χ1v) is 6.50. The molecule has 6 heteroatoms. The number of hydrogen-bond donors (Lipinski definition) is 1. The van der Waals surface area contributed by atoms with Crippen LogP contribution in [0, 0.1) is 0 Å². The molecule has 0 aliphatic carbocycles. The average Bonchev–Trinajstić information content (AvgIpc) is 2.97. The molecule has 0 amide bonds. The first-order valence-electron chi connectivity index (χ1n) is 6.50. The lowest BCUT2D eigenvalue weighted by Gasteiger charge is -2.11. The summed E-state index contributed by atoms with van der Waals surface area (Å²) in [4.78, 5) is 35.2. The molecular weight excluding hydrogens is 288 g/mol. The summed E-state index contributed by atoms with van der Waals surface area (Å²) in [7, 11) is 0. The van der Waals surface area contributed by atoms with Gasteiger partial charge in [0, 0.05) is 5.56 Å². The summed E-state index contributed by atoms with van der Waals surface area (Å²) in [6, 6.07) is 9.53. The number of esters is 3. The normalized spacial score (nSPS) is 18.8. The molecule has 6 nitrogen and oxygen atoms in total. The van der Waals surface area contributed by atoms with Gasteiger partial charge >= 0.3 is 17.9 Å². The fourth-order valence-electron chi connectivity index (χ4n) is 2.82. The maximum absolute atomic E-state index is 11.9. The van der Waals surface area contributed by atoms with Crippen molar-refractivity contribution in [2.75, 3.05) is 0 Å². The Morgan fingerprint density at radius 1 is 0.773 bits per heavy atom. The van der Waals surface area contributed by atoms with Crippen LogP contribution in [0.4, 0.5) is 0 Å². The molecule has 0 spiro atoms. The van der Waals surface area contributed by atoms with Crippen molar-refractivity contribution in [3.05, 3.63) is 58.7 Å². The number of carbonyl (C=O) groups excluding carboxylic acids is 3. The molecule has 2 aromatic rings. The summed E-state index contributed by atoms with van der Waals surface area (Å²) in [6.07, 6.45) is -1.40. The molecule has 0 saturated carbocycles. The lowest BCUT2D eigenvalue weighted by molar-refractivity contribution is -0.0545. The number of cyclic esters (lactones) is 3. The van der Waals surface area contributed by atoms with Crippen LogP contribution in [0.5, 0.6) is 0 Å². The highest BCUT2D eigenvalue weighted by atomic mass is 16.6. The zero-order chi connectivity index (χ0) is 15.4. The van der Waals surface area contributed by atoms with Gasteiger partial charge in [0.15, 0.2) is 0 Å². The van der Waals surface area contributed by atoms with Crippen molar-refractivity contribution in [2.24, 2.45) is 0 Å². The molecule has 0 aromatic heterocycles. The Morgan fingerprint density at radius 2 is 1.41 bits per heavy atom. The molecule has 108 valence electrons. The van der Waals surface area contributed by atoms with Gasteiger partial charge in [0.2, 0.25) is 6.29 Å². The molecule has 2 aliphatic rings. The third-order valence-corrected chi connectivity index (χ3v) is 3.76. The highest BCUT2D eigenvalue weighted by Gasteiger charge is 2.36. The van der Waals surface area contributed by atoms with Gasteiger partial charge in [0.1, 0.15) is 0 Å². The molecule has 1 N–H and O–H groups in total. The Bertz CT molecular complexity index is 867.